The topological polar surface area (TPSA) is 117 Å². The van der Waals surface area contributed by atoms with Gasteiger partial charge in [-0.1, -0.05) is 24.7 Å². The second-order valence-electron chi connectivity index (χ2n) is 6.12. The van der Waals surface area contributed by atoms with Gasteiger partial charge in [-0.05, 0) is 26.3 Å². The highest BCUT2D eigenvalue weighted by molar-refractivity contribution is 7.07. The molecule has 2 aromatic heterocycles. The van der Waals surface area contributed by atoms with Crippen LogP contribution in [0, 0.1) is 10.1 Å². The largest absolute Gasteiger partial charge is 0.463 e. The summed E-state index contributed by atoms with van der Waals surface area (Å²) in [6.07, 6.45) is 2.91. The summed E-state index contributed by atoms with van der Waals surface area (Å²) in [7, 11) is 0. The van der Waals surface area contributed by atoms with Gasteiger partial charge in [-0.15, -0.1) is 0 Å². The fourth-order valence-corrected chi connectivity index (χ4v) is 4.08. The van der Waals surface area contributed by atoms with Crippen molar-refractivity contribution in [2.45, 2.75) is 39.7 Å². The van der Waals surface area contributed by atoms with Crippen LogP contribution in [0.15, 0.2) is 31.9 Å². The number of aromatic nitrogens is 1. The second kappa shape index (κ2) is 7.93. The van der Waals surface area contributed by atoms with Gasteiger partial charge in [-0.3, -0.25) is 19.5 Å². The first-order valence-electron chi connectivity index (χ1n) is 8.81. The van der Waals surface area contributed by atoms with Gasteiger partial charge < -0.3 is 9.15 Å². The van der Waals surface area contributed by atoms with E-state index in [1.54, 1.807) is 13.8 Å². The van der Waals surface area contributed by atoms with Crippen LogP contribution in [0.1, 0.15) is 39.4 Å². The minimum atomic E-state index is -0.646. The van der Waals surface area contributed by atoms with Gasteiger partial charge in [0, 0.05) is 11.8 Å². The molecule has 0 radical (unpaired) electrons. The number of allylic oxidation sites excluding steroid dienone is 1. The first-order valence-corrected chi connectivity index (χ1v) is 9.62. The Morgan fingerprint density at radius 2 is 2.21 bits per heavy atom. The fraction of sp³-hybridized carbons (Fsp3) is 0.389. The minimum Gasteiger partial charge on any atom is -0.463 e. The summed E-state index contributed by atoms with van der Waals surface area (Å²) in [6.45, 7) is 5.64. The Balaban J connectivity index is 2.16. The van der Waals surface area contributed by atoms with Crippen molar-refractivity contribution in [3.8, 4) is 0 Å². The number of nitro groups is 1. The molecule has 1 aliphatic rings. The van der Waals surface area contributed by atoms with Gasteiger partial charge in [-0.25, -0.2) is 9.79 Å². The van der Waals surface area contributed by atoms with E-state index in [2.05, 4.69) is 4.99 Å². The summed E-state index contributed by atoms with van der Waals surface area (Å²) in [4.78, 5) is 40.5. The molecule has 0 aromatic carbocycles. The van der Waals surface area contributed by atoms with Crippen molar-refractivity contribution in [3.05, 3.63) is 53.3 Å². The van der Waals surface area contributed by atoms with E-state index in [0.717, 1.165) is 17.8 Å². The number of carbonyl (C=O) groups excluding carboxylic acids is 1. The molecule has 0 spiro atoms. The summed E-state index contributed by atoms with van der Waals surface area (Å²) in [6, 6.07) is 2.27. The lowest BCUT2D eigenvalue weighted by Crippen LogP contribution is -2.37. The lowest BCUT2D eigenvalue weighted by Gasteiger charge is -2.21. The normalized spacial score (nSPS) is 16.7. The SMILES string of the molecule is CCC[C@H]1N=c2s/c(=C/c3ccc([N+](=O)[O-])o3)c(=O)n2C(C)=C1C(=O)OCC. The van der Waals surface area contributed by atoms with Crippen LogP contribution in [0.3, 0.4) is 0 Å². The standard InChI is InChI=1S/C18H19N3O6S/c1-4-6-12-15(17(23)26-5-2)10(3)20-16(22)13(28-18(20)19-12)9-11-7-8-14(27-11)21(24)25/h7-9,12H,4-6H2,1-3H3/b13-9+/t12-/m1/s1. The number of esters is 1. The molecule has 3 heterocycles. The molecule has 0 saturated heterocycles. The zero-order valence-electron chi connectivity index (χ0n) is 15.6. The Labute approximate surface area is 163 Å². The third-order valence-corrected chi connectivity index (χ3v) is 5.24. The molecule has 9 nitrogen and oxygen atoms in total. The van der Waals surface area contributed by atoms with Gasteiger partial charge in [0.05, 0.1) is 24.3 Å². The van der Waals surface area contributed by atoms with E-state index in [1.165, 1.54) is 22.8 Å². The Morgan fingerprint density at radius 3 is 2.82 bits per heavy atom. The molecule has 0 N–H and O–H groups in total. The van der Waals surface area contributed by atoms with Crippen molar-refractivity contribution >= 4 is 35.0 Å². The van der Waals surface area contributed by atoms with Crippen LogP contribution in [-0.2, 0) is 9.53 Å². The molecule has 0 fully saturated rings. The molecule has 148 valence electrons. The van der Waals surface area contributed by atoms with Crippen LogP contribution in [0.25, 0.3) is 11.8 Å². The number of ether oxygens (including phenoxy) is 1. The zero-order chi connectivity index (χ0) is 20.4. The summed E-state index contributed by atoms with van der Waals surface area (Å²) in [5.74, 6) is -0.681. The number of rotatable bonds is 6. The average molecular weight is 405 g/mol. The monoisotopic (exact) mass is 405 g/mol. The maximum absolute atomic E-state index is 12.9. The van der Waals surface area contributed by atoms with E-state index in [4.69, 9.17) is 9.15 Å². The molecule has 10 heteroatoms. The number of furan rings is 1. The van der Waals surface area contributed by atoms with E-state index in [9.17, 15) is 19.7 Å². The van der Waals surface area contributed by atoms with Gasteiger partial charge in [0.2, 0.25) is 0 Å². The summed E-state index contributed by atoms with van der Waals surface area (Å²) < 4.78 is 11.9. The van der Waals surface area contributed by atoms with Gasteiger partial charge in [0.15, 0.2) is 4.80 Å². The number of fused-ring (bicyclic) bond motifs is 1. The average Bonchev–Trinajstić information content (AvgIpc) is 3.21. The summed E-state index contributed by atoms with van der Waals surface area (Å²) in [5.41, 5.74) is 0.515. The molecular formula is C18H19N3O6S. The van der Waals surface area contributed by atoms with Crippen molar-refractivity contribution in [1.82, 2.24) is 4.57 Å². The highest BCUT2D eigenvalue weighted by atomic mass is 32.1. The van der Waals surface area contributed by atoms with Crippen LogP contribution < -0.4 is 14.9 Å². The zero-order valence-corrected chi connectivity index (χ0v) is 16.4. The molecule has 1 aliphatic heterocycles. The highest BCUT2D eigenvalue weighted by Crippen LogP contribution is 2.23. The van der Waals surface area contributed by atoms with E-state index in [1.807, 2.05) is 6.92 Å². The number of hydrogen-bond acceptors (Lipinski definition) is 8. The number of carbonyl (C=O) groups is 1. The lowest BCUT2D eigenvalue weighted by atomic mass is 10.00. The van der Waals surface area contributed by atoms with Crippen LogP contribution in [-0.4, -0.2) is 28.1 Å². The third-order valence-electron chi connectivity index (χ3n) is 4.25. The summed E-state index contributed by atoms with van der Waals surface area (Å²) in [5, 5.41) is 10.8. The number of hydrogen-bond donors (Lipinski definition) is 0. The van der Waals surface area contributed by atoms with Crippen molar-refractivity contribution < 1.29 is 18.9 Å². The molecule has 3 rings (SSSR count). The molecular weight excluding hydrogens is 386 g/mol. The number of thiazole rings is 1. The highest BCUT2D eigenvalue weighted by Gasteiger charge is 2.29. The predicted molar refractivity (Wildman–Crippen MR) is 103 cm³/mol. The van der Waals surface area contributed by atoms with Gasteiger partial charge in [0.1, 0.15) is 15.2 Å². The van der Waals surface area contributed by atoms with Crippen molar-refractivity contribution in [2.24, 2.45) is 4.99 Å². The van der Waals surface area contributed by atoms with Crippen LogP contribution >= 0.6 is 11.3 Å². The van der Waals surface area contributed by atoms with Gasteiger partial charge in [-0.2, -0.15) is 0 Å². The summed E-state index contributed by atoms with van der Waals surface area (Å²) >= 11 is 1.15. The minimum absolute atomic E-state index is 0.195. The third kappa shape index (κ3) is 3.55. The fourth-order valence-electron chi connectivity index (χ4n) is 3.04. The van der Waals surface area contributed by atoms with E-state index >= 15 is 0 Å². The van der Waals surface area contributed by atoms with Gasteiger partial charge >= 0.3 is 11.9 Å². The smallest absolute Gasteiger partial charge is 0.433 e. The van der Waals surface area contributed by atoms with E-state index in [0.29, 0.717) is 27.0 Å². The van der Waals surface area contributed by atoms with Crippen LogP contribution in [0.2, 0.25) is 0 Å². The number of nitrogens with zero attached hydrogens (tertiary/aromatic N) is 3. The van der Waals surface area contributed by atoms with Crippen LogP contribution in [0.5, 0.6) is 0 Å². The van der Waals surface area contributed by atoms with E-state index in [-0.39, 0.29) is 24.0 Å². The van der Waals surface area contributed by atoms with E-state index < -0.39 is 16.8 Å². The molecule has 0 amide bonds. The second-order valence-corrected chi connectivity index (χ2v) is 7.13. The molecule has 28 heavy (non-hydrogen) atoms. The molecule has 0 aliphatic carbocycles. The Hall–Kier alpha value is -3.01. The van der Waals surface area contributed by atoms with Crippen molar-refractivity contribution in [3.63, 3.8) is 0 Å². The molecule has 0 saturated carbocycles. The van der Waals surface area contributed by atoms with Crippen molar-refractivity contribution in [1.29, 1.82) is 0 Å². The van der Waals surface area contributed by atoms with Crippen molar-refractivity contribution in [2.75, 3.05) is 6.61 Å². The maximum Gasteiger partial charge on any atom is 0.433 e. The Bertz CT molecular complexity index is 1140. The lowest BCUT2D eigenvalue weighted by molar-refractivity contribution is -0.402. The quantitative estimate of drug-likeness (QED) is 0.411. The molecule has 1 atom stereocenters. The predicted octanol–water partition coefficient (Wildman–Crippen LogP) is 1.84. The first-order chi connectivity index (χ1) is 13.4. The Morgan fingerprint density at radius 1 is 1.46 bits per heavy atom. The molecule has 0 unspecified atom stereocenters. The maximum atomic E-state index is 12.9. The molecule has 2 aromatic rings. The first kappa shape index (κ1) is 19.7. The van der Waals surface area contributed by atoms with Gasteiger partial charge in [0.25, 0.3) is 5.56 Å². The van der Waals surface area contributed by atoms with Crippen LogP contribution in [0.4, 0.5) is 5.88 Å². The molecule has 0 bridgehead atoms. The Kier molecular flexibility index (Phi) is 5.59.